The van der Waals surface area contributed by atoms with Crippen LogP contribution in [0.5, 0.6) is 17.2 Å². The number of rotatable bonds is 18. The van der Waals surface area contributed by atoms with Crippen LogP contribution >= 0.6 is 0 Å². The highest BCUT2D eigenvalue weighted by atomic mass is 16.7. The lowest BCUT2D eigenvalue weighted by molar-refractivity contribution is -0.157. The van der Waals surface area contributed by atoms with Gasteiger partial charge in [0, 0.05) is 24.5 Å². The Morgan fingerprint density at radius 2 is 1.40 bits per heavy atom. The average Bonchev–Trinajstić information content (AvgIpc) is 3.43. The highest BCUT2D eigenvalue weighted by Crippen LogP contribution is 2.29. The highest BCUT2D eigenvalue weighted by Gasteiger charge is 2.35. The normalized spacial score (nSPS) is 15.3. The molecule has 0 aromatic heterocycles. The topological polar surface area (TPSA) is 97.4 Å². The Kier molecular flexibility index (Phi) is 13.2. The van der Waals surface area contributed by atoms with Crippen LogP contribution in [0.15, 0.2) is 97.6 Å². The van der Waals surface area contributed by atoms with Gasteiger partial charge < -0.3 is 23.7 Å². The van der Waals surface area contributed by atoms with E-state index in [0.29, 0.717) is 41.2 Å². The van der Waals surface area contributed by atoms with Gasteiger partial charge in [-0.15, -0.1) is 0 Å². The molecule has 4 rings (SSSR count). The van der Waals surface area contributed by atoms with Crippen LogP contribution in [-0.2, 0) is 19.1 Å². The zero-order valence-corrected chi connectivity index (χ0v) is 27.3. The van der Waals surface area contributed by atoms with Crippen molar-refractivity contribution in [2.24, 2.45) is 0 Å². The Morgan fingerprint density at radius 3 is 1.98 bits per heavy atom. The maximum Gasteiger partial charge on any atom is 0.343 e. The van der Waals surface area contributed by atoms with Crippen molar-refractivity contribution in [2.75, 3.05) is 0 Å². The fourth-order valence-electron chi connectivity index (χ4n) is 5.21. The molecular formula is C39H44O8. The monoisotopic (exact) mass is 640 g/mol. The van der Waals surface area contributed by atoms with Gasteiger partial charge >= 0.3 is 17.9 Å². The van der Waals surface area contributed by atoms with Gasteiger partial charge in [0.2, 0.25) is 6.29 Å². The van der Waals surface area contributed by atoms with Gasteiger partial charge in [0.25, 0.3) is 0 Å². The van der Waals surface area contributed by atoms with Crippen LogP contribution in [0.2, 0.25) is 0 Å². The first-order valence-electron chi connectivity index (χ1n) is 16.4. The minimum absolute atomic E-state index is 0.292. The van der Waals surface area contributed by atoms with E-state index in [2.05, 4.69) is 20.1 Å². The van der Waals surface area contributed by atoms with Crippen molar-refractivity contribution >= 4 is 17.9 Å². The van der Waals surface area contributed by atoms with E-state index in [1.165, 1.54) is 25.7 Å². The molecule has 8 heteroatoms. The van der Waals surface area contributed by atoms with E-state index < -0.39 is 18.2 Å². The van der Waals surface area contributed by atoms with E-state index in [-0.39, 0.29) is 18.2 Å². The van der Waals surface area contributed by atoms with Gasteiger partial charge in [-0.25, -0.2) is 14.4 Å². The zero-order chi connectivity index (χ0) is 33.6. The summed E-state index contributed by atoms with van der Waals surface area (Å²) in [6.07, 6.45) is 8.38. The molecule has 47 heavy (non-hydrogen) atoms. The number of cyclic esters (lactones) is 1. The molecule has 3 atom stereocenters. The van der Waals surface area contributed by atoms with Crippen LogP contribution < -0.4 is 14.2 Å². The van der Waals surface area contributed by atoms with E-state index in [1.807, 2.05) is 31.2 Å². The fourth-order valence-corrected chi connectivity index (χ4v) is 5.21. The van der Waals surface area contributed by atoms with Crippen LogP contribution in [-0.4, -0.2) is 36.4 Å². The third-order valence-corrected chi connectivity index (χ3v) is 7.90. The molecule has 248 valence electrons. The van der Waals surface area contributed by atoms with Crippen molar-refractivity contribution < 1.29 is 38.1 Å². The number of carbonyl (C=O) groups excluding carboxylic acids is 3. The molecule has 0 saturated carbocycles. The maximum atomic E-state index is 12.9. The van der Waals surface area contributed by atoms with Gasteiger partial charge in [-0.3, -0.25) is 0 Å². The molecule has 0 amide bonds. The predicted octanol–water partition coefficient (Wildman–Crippen LogP) is 8.79. The lowest BCUT2D eigenvalue weighted by atomic mass is 10.0. The second kappa shape index (κ2) is 17.7. The van der Waals surface area contributed by atoms with Crippen molar-refractivity contribution in [1.82, 2.24) is 0 Å². The van der Waals surface area contributed by atoms with Gasteiger partial charge in [0.1, 0.15) is 29.5 Å². The summed E-state index contributed by atoms with van der Waals surface area (Å²) in [5, 5.41) is 0. The Balaban J connectivity index is 1.31. The van der Waals surface area contributed by atoms with E-state index in [1.54, 1.807) is 48.5 Å². The third-order valence-electron chi connectivity index (χ3n) is 7.90. The second-order valence-corrected chi connectivity index (χ2v) is 11.5. The standard InChI is InChI=1S/C39H44O8/c1-5-8-9-10-11-12-13-34(35-26-27(4)38(41)46-35)43-31-24-18-30(19-25-31)39(42)45-33-22-16-29(17-23-33)28-14-20-32(21-15-28)44-37(7-3)47-36(40)6-2/h6,14-25,34-35,37H,2,4-5,7-13,26H2,1,3H3. The number of carbonyl (C=O) groups is 3. The van der Waals surface area contributed by atoms with Crippen molar-refractivity contribution in [3.63, 3.8) is 0 Å². The van der Waals surface area contributed by atoms with Crippen molar-refractivity contribution in [3.8, 4) is 28.4 Å². The summed E-state index contributed by atoms with van der Waals surface area (Å²) < 4.78 is 28.4. The van der Waals surface area contributed by atoms with Gasteiger partial charge in [-0.2, -0.15) is 0 Å². The molecule has 0 N–H and O–H groups in total. The van der Waals surface area contributed by atoms with Gasteiger partial charge in [0.05, 0.1) is 5.56 Å². The smallest absolute Gasteiger partial charge is 0.343 e. The highest BCUT2D eigenvalue weighted by molar-refractivity contribution is 5.91. The minimum atomic E-state index is -0.699. The molecule has 0 radical (unpaired) electrons. The zero-order valence-electron chi connectivity index (χ0n) is 27.3. The summed E-state index contributed by atoms with van der Waals surface area (Å²) >= 11 is 0. The van der Waals surface area contributed by atoms with Crippen LogP contribution in [0.25, 0.3) is 11.1 Å². The number of esters is 3. The molecule has 8 nitrogen and oxygen atoms in total. The molecule has 1 heterocycles. The molecule has 3 aromatic rings. The molecule has 3 aromatic carbocycles. The largest absolute Gasteiger partial charge is 0.487 e. The SMILES string of the molecule is C=CC(=O)OC(CC)Oc1ccc(-c2ccc(OC(=O)c3ccc(OC(CCCCCCCC)C4CC(=C)C(=O)O4)cc3)cc2)cc1. The van der Waals surface area contributed by atoms with E-state index in [9.17, 15) is 14.4 Å². The van der Waals surface area contributed by atoms with Crippen LogP contribution in [0.1, 0.15) is 82.0 Å². The quantitative estimate of drug-likeness (QED) is 0.0448. The van der Waals surface area contributed by atoms with E-state index in [0.717, 1.165) is 36.5 Å². The first-order valence-corrected chi connectivity index (χ1v) is 16.4. The molecule has 1 aliphatic rings. The van der Waals surface area contributed by atoms with Gasteiger partial charge in [-0.1, -0.05) is 83.4 Å². The number of ether oxygens (including phenoxy) is 5. The molecule has 0 aliphatic carbocycles. The van der Waals surface area contributed by atoms with Crippen molar-refractivity contribution in [3.05, 3.63) is 103 Å². The molecule has 0 bridgehead atoms. The van der Waals surface area contributed by atoms with Crippen LogP contribution in [0.3, 0.4) is 0 Å². The number of benzene rings is 3. The fraction of sp³-hybridized carbons (Fsp3) is 0.359. The second-order valence-electron chi connectivity index (χ2n) is 11.5. The predicted molar refractivity (Wildman–Crippen MR) is 180 cm³/mol. The summed E-state index contributed by atoms with van der Waals surface area (Å²) in [5.74, 6) is 0.185. The number of unbranched alkanes of at least 4 members (excludes halogenated alkanes) is 5. The summed E-state index contributed by atoms with van der Waals surface area (Å²) in [5.41, 5.74) is 2.72. The number of hydrogen-bond acceptors (Lipinski definition) is 8. The Bertz CT molecular complexity index is 1480. The lowest BCUT2D eigenvalue weighted by Crippen LogP contribution is -2.31. The molecular weight excluding hydrogens is 596 g/mol. The molecule has 3 unspecified atom stereocenters. The van der Waals surface area contributed by atoms with E-state index >= 15 is 0 Å². The molecule has 0 spiro atoms. The van der Waals surface area contributed by atoms with Crippen LogP contribution in [0, 0.1) is 0 Å². The summed E-state index contributed by atoms with van der Waals surface area (Å²) in [4.78, 5) is 36.4. The summed E-state index contributed by atoms with van der Waals surface area (Å²) in [6, 6.07) is 21.4. The molecule has 1 fully saturated rings. The maximum absolute atomic E-state index is 12.9. The van der Waals surface area contributed by atoms with Gasteiger partial charge in [-0.05, 0) is 72.5 Å². The van der Waals surface area contributed by atoms with Gasteiger partial charge in [0.15, 0.2) is 0 Å². The lowest BCUT2D eigenvalue weighted by Gasteiger charge is -2.24. The van der Waals surface area contributed by atoms with Crippen molar-refractivity contribution in [2.45, 2.75) is 90.1 Å². The summed E-state index contributed by atoms with van der Waals surface area (Å²) in [7, 11) is 0. The summed E-state index contributed by atoms with van der Waals surface area (Å²) in [6.45, 7) is 11.3. The third kappa shape index (κ3) is 10.6. The minimum Gasteiger partial charge on any atom is -0.487 e. The average molecular weight is 641 g/mol. The molecule has 1 saturated heterocycles. The van der Waals surface area contributed by atoms with Crippen molar-refractivity contribution in [1.29, 1.82) is 0 Å². The Morgan fingerprint density at radius 1 is 0.830 bits per heavy atom. The number of hydrogen-bond donors (Lipinski definition) is 0. The van der Waals surface area contributed by atoms with Crippen LogP contribution in [0.4, 0.5) is 0 Å². The first kappa shape index (κ1) is 35.0. The first-order chi connectivity index (χ1) is 22.8. The Hall–Kier alpha value is -4.85. The molecule has 1 aliphatic heterocycles. The Labute approximate surface area is 277 Å². The van der Waals surface area contributed by atoms with E-state index in [4.69, 9.17) is 23.7 Å².